The molecule has 482 valence electrons. The van der Waals surface area contributed by atoms with Gasteiger partial charge in [-0.05, 0) is 156 Å². The second-order valence-electron chi connectivity index (χ2n) is 24.4. The van der Waals surface area contributed by atoms with Crippen LogP contribution in [0.3, 0.4) is 0 Å². The Bertz CT molecular complexity index is 3670. The van der Waals surface area contributed by atoms with E-state index in [1.54, 1.807) is 55.4 Å². The molecular weight excluding hydrogens is 1190 g/mol. The van der Waals surface area contributed by atoms with Crippen molar-refractivity contribution in [2.24, 2.45) is 5.92 Å². The van der Waals surface area contributed by atoms with E-state index < -0.39 is 116 Å². The van der Waals surface area contributed by atoms with E-state index in [-0.39, 0.29) is 61.1 Å². The molecule has 0 aromatic heterocycles. The average Bonchev–Trinajstić information content (AvgIpc) is 1.72. The summed E-state index contributed by atoms with van der Waals surface area (Å²) in [6, 6.07) is 11.5. The first-order valence-corrected chi connectivity index (χ1v) is 32.4. The van der Waals surface area contributed by atoms with Gasteiger partial charge in [-0.3, -0.25) is 34.8 Å². The molecule has 0 bridgehead atoms. The van der Waals surface area contributed by atoms with Crippen LogP contribution in [0, 0.1) is 58.3 Å². The molecule has 3 aliphatic rings. The molecule has 25 nitrogen and oxygen atoms in total. The maximum Gasteiger partial charge on any atom is 0.407 e. The number of benzene rings is 4. The van der Waals surface area contributed by atoms with E-state index in [0.29, 0.717) is 57.7 Å². The fourth-order valence-electron chi connectivity index (χ4n) is 11.7. The van der Waals surface area contributed by atoms with Crippen LogP contribution < -0.4 is 56.1 Å². The maximum absolute atomic E-state index is 14.2. The zero-order valence-electron chi connectivity index (χ0n) is 52.4. The van der Waals surface area contributed by atoms with Crippen molar-refractivity contribution in [3.63, 3.8) is 0 Å². The van der Waals surface area contributed by atoms with Crippen LogP contribution >= 0.6 is 0 Å². The third kappa shape index (κ3) is 16.1. The molecule has 0 fully saturated rings. The normalized spacial score (nSPS) is 15.2. The Morgan fingerprint density at radius 3 is 1.46 bits per heavy atom. The van der Waals surface area contributed by atoms with E-state index in [0.717, 1.165) is 33.4 Å². The number of carbonyl (C=O) groups excluding carboxylic acids is 5. The van der Waals surface area contributed by atoms with E-state index in [4.69, 9.17) is 25.0 Å². The van der Waals surface area contributed by atoms with Gasteiger partial charge in [0, 0.05) is 43.0 Å². The van der Waals surface area contributed by atoms with Crippen LogP contribution in [0.25, 0.3) is 11.1 Å². The van der Waals surface area contributed by atoms with Gasteiger partial charge in [-0.25, -0.2) is 31.1 Å². The van der Waals surface area contributed by atoms with E-state index in [2.05, 4.69) is 46.7 Å². The standard InChI is InChI=1S/C62H83N11O14S2/c1-32(2)50(71-60(80)85-31-45-41-21-15-13-19-39(41)40-20-14-16-22-42(40)45)57(79)70-47(24-18-26-66-59(64)73-89(83,84)54-36(6)34(4)52-44(38(54)8)28-62(11,12)87-52)56(78)67-29-48(74)69-46(55(77)68-30-49(75)76)23-17-25-65-58(63)72-88(81,82)53-35(5)33(3)51-43(37(53)7)27-61(9,10)86-51/h13-16,19-22,32,45-47,50H,17-18,23-31H2,1-12H3,(H,67,78)(H,68,77)(H,69,74)(H,70,79)(H,71,80)(H,75,76)(H3,63,65,72)(H3,64,66,73)/t46-,47-,50-/m0/s1. The third-order valence-corrected chi connectivity index (χ3v) is 19.5. The van der Waals surface area contributed by atoms with Crippen molar-refractivity contribution in [2.75, 3.05) is 32.8 Å². The Morgan fingerprint density at radius 1 is 0.596 bits per heavy atom. The van der Waals surface area contributed by atoms with Gasteiger partial charge in [0.2, 0.25) is 35.5 Å². The monoisotopic (exact) mass is 1270 g/mol. The fourth-order valence-corrected chi connectivity index (χ4v) is 14.8. The van der Waals surface area contributed by atoms with Gasteiger partial charge in [0.05, 0.1) is 16.3 Å². The zero-order valence-corrected chi connectivity index (χ0v) is 54.0. The van der Waals surface area contributed by atoms with Gasteiger partial charge in [-0.1, -0.05) is 62.4 Å². The van der Waals surface area contributed by atoms with Crippen molar-refractivity contribution in [1.82, 2.24) is 46.7 Å². The lowest BCUT2D eigenvalue weighted by molar-refractivity contribution is -0.138. The number of alkyl carbamates (subject to hydrolysis) is 1. The average molecular weight is 1270 g/mol. The van der Waals surface area contributed by atoms with Gasteiger partial charge in [0.1, 0.15) is 54.0 Å². The van der Waals surface area contributed by atoms with Crippen LogP contribution in [0.2, 0.25) is 0 Å². The predicted octanol–water partition coefficient (Wildman–Crippen LogP) is 4.68. The summed E-state index contributed by atoms with van der Waals surface area (Å²) in [7, 11) is -8.58. The highest BCUT2D eigenvalue weighted by Crippen LogP contribution is 2.46. The first-order chi connectivity index (χ1) is 41.6. The number of aliphatic carboxylic acids is 1. The Balaban J connectivity index is 0.989. The molecule has 2 aliphatic heterocycles. The number of ether oxygens (including phenoxy) is 3. The molecule has 7 rings (SSSR count). The van der Waals surface area contributed by atoms with Gasteiger partial charge in [-0.2, -0.15) is 0 Å². The van der Waals surface area contributed by atoms with Crippen LogP contribution in [-0.2, 0) is 61.6 Å². The molecule has 0 spiro atoms. The number of rotatable bonds is 25. The Kier molecular flexibility index (Phi) is 21.0. The summed E-state index contributed by atoms with van der Waals surface area (Å²) in [6.45, 7) is 19.5. The topological polar surface area (TPSA) is 375 Å². The smallest absolute Gasteiger partial charge is 0.407 e. The maximum atomic E-state index is 14.2. The Hall–Kier alpha value is -8.46. The van der Waals surface area contributed by atoms with Crippen LogP contribution in [0.5, 0.6) is 11.5 Å². The van der Waals surface area contributed by atoms with Crippen LogP contribution in [0.15, 0.2) is 58.3 Å². The largest absolute Gasteiger partial charge is 0.487 e. The Morgan fingerprint density at radius 2 is 1.02 bits per heavy atom. The molecule has 27 heteroatoms. The number of amides is 5. The van der Waals surface area contributed by atoms with Crippen LogP contribution in [0.4, 0.5) is 4.79 Å². The van der Waals surface area contributed by atoms with E-state index in [1.807, 2.05) is 76.2 Å². The van der Waals surface area contributed by atoms with Crippen LogP contribution in [0.1, 0.15) is 129 Å². The van der Waals surface area contributed by atoms with Gasteiger partial charge in [0.25, 0.3) is 20.0 Å². The number of carbonyl (C=O) groups is 6. The second-order valence-corrected chi connectivity index (χ2v) is 27.6. The Labute approximate surface area is 519 Å². The first-order valence-electron chi connectivity index (χ1n) is 29.5. The lowest BCUT2D eigenvalue weighted by Crippen LogP contribution is -2.56. The molecule has 89 heavy (non-hydrogen) atoms. The molecule has 3 atom stereocenters. The quantitative estimate of drug-likeness (QED) is 0.0243. The summed E-state index contributed by atoms with van der Waals surface area (Å²) in [5.74, 6) is -5.54. The number of fused-ring (bicyclic) bond motifs is 5. The van der Waals surface area contributed by atoms with Crippen molar-refractivity contribution in [3.05, 3.63) is 104 Å². The highest BCUT2D eigenvalue weighted by Gasteiger charge is 2.39. The van der Waals surface area contributed by atoms with Crippen molar-refractivity contribution >= 4 is 67.7 Å². The van der Waals surface area contributed by atoms with Crippen molar-refractivity contribution in [2.45, 2.75) is 167 Å². The number of nitrogens with one attached hydrogen (secondary N) is 11. The van der Waals surface area contributed by atoms with E-state index in [9.17, 15) is 50.7 Å². The van der Waals surface area contributed by atoms with Gasteiger partial charge < -0.3 is 56.5 Å². The first kappa shape index (κ1) is 68.0. The van der Waals surface area contributed by atoms with E-state index in [1.165, 1.54) is 0 Å². The predicted molar refractivity (Wildman–Crippen MR) is 333 cm³/mol. The molecular formula is C62H83N11O14S2. The highest BCUT2D eigenvalue weighted by molar-refractivity contribution is 7.90. The molecule has 4 aromatic carbocycles. The molecule has 0 saturated heterocycles. The molecule has 4 aromatic rings. The van der Waals surface area contributed by atoms with Gasteiger partial charge in [0.15, 0.2) is 0 Å². The minimum Gasteiger partial charge on any atom is -0.487 e. The molecule has 2 heterocycles. The molecule has 12 N–H and O–H groups in total. The van der Waals surface area contributed by atoms with Crippen LogP contribution in [-0.4, -0.2) is 132 Å². The molecule has 0 radical (unpaired) electrons. The number of hydrogen-bond acceptors (Lipinski definition) is 15. The van der Waals surface area contributed by atoms with Crippen molar-refractivity contribution in [1.29, 1.82) is 10.8 Å². The molecule has 5 amide bonds. The highest BCUT2D eigenvalue weighted by atomic mass is 32.2. The summed E-state index contributed by atoms with van der Waals surface area (Å²) in [5.41, 5.74) is 7.67. The second kappa shape index (κ2) is 27.5. The third-order valence-electron chi connectivity index (χ3n) is 16.2. The summed E-state index contributed by atoms with van der Waals surface area (Å²) in [5, 5.41) is 44.1. The number of sulfonamides is 2. The number of hydrogen-bond donors (Lipinski definition) is 12. The van der Waals surface area contributed by atoms with Crippen molar-refractivity contribution < 1.29 is 64.9 Å². The minimum absolute atomic E-state index is 0.0206. The van der Waals surface area contributed by atoms with E-state index >= 15 is 0 Å². The van der Waals surface area contributed by atoms with Crippen molar-refractivity contribution in [3.8, 4) is 22.6 Å². The molecule has 1 aliphatic carbocycles. The summed E-state index contributed by atoms with van der Waals surface area (Å²) >= 11 is 0. The number of guanidine groups is 2. The fraction of sp³-hybridized carbons (Fsp3) is 0.484. The summed E-state index contributed by atoms with van der Waals surface area (Å²) < 4.78 is 77.8. The SMILES string of the molecule is Cc1c(C)c(S(=O)(=O)NC(=N)NCCC[C@H](NC(=O)CNC(=O)[C@H](CCCNC(=N)NS(=O)(=O)c2c(C)c(C)c3c(c2C)CC(C)(C)O3)NC(=O)[C@@H](NC(=O)OCC2c3ccccc3-c3ccccc32)C(C)C)C(=O)NCC(=O)O)c(C)c2c1OC(C)(C)C2. The lowest BCUT2D eigenvalue weighted by Gasteiger charge is -2.25. The minimum atomic E-state index is -4.30. The zero-order chi connectivity index (χ0) is 65.7. The number of carboxylic acid groups (broad SMARTS) is 1. The lowest BCUT2D eigenvalue weighted by atomic mass is 9.94. The van der Waals surface area contributed by atoms with Gasteiger partial charge >= 0.3 is 12.1 Å². The number of carboxylic acids is 1. The molecule has 0 unspecified atom stereocenters. The summed E-state index contributed by atoms with van der Waals surface area (Å²) in [6.07, 6.45) is -0.172. The van der Waals surface area contributed by atoms with Gasteiger partial charge in [-0.15, -0.1) is 0 Å². The molecule has 0 saturated carbocycles. The summed E-state index contributed by atoms with van der Waals surface area (Å²) in [4.78, 5) is 80.1.